The molecule has 0 atom stereocenters. The van der Waals surface area contributed by atoms with Crippen molar-refractivity contribution in [3.8, 4) is 0 Å². The molecule has 7 nitrogen and oxygen atoms in total. The number of carbonyl (C=O) groups is 1. The van der Waals surface area contributed by atoms with Gasteiger partial charge >= 0.3 is 6.03 Å². The van der Waals surface area contributed by atoms with Gasteiger partial charge in [0, 0.05) is 5.69 Å². The van der Waals surface area contributed by atoms with Crippen LogP contribution in [-0.2, 0) is 10.0 Å². The predicted molar refractivity (Wildman–Crippen MR) is 80.0 cm³/mol. The standard InChI is InChI=1S/C13H14N4O3S/c14-21(19,20)12-8-6-10(7-9-12)15-13(18)17-16-11-4-2-1-3-5-11/h1-9,16H,(H2,14,19,20)(H2,15,17,18). The Morgan fingerprint density at radius 1 is 0.905 bits per heavy atom. The number of primary sulfonamides is 1. The van der Waals surface area contributed by atoms with Crippen LogP contribution in [0.1, 0.15) is 0 Å². The van der Waals surface area contributed by atoms with Gasteiger partial charge < -0.3 is 5.32 Å². The van der Waals surface area contributed by atoms with Crippen molar-refractivity contribution in [3.63, 3.8) is 0 Å². The average molecular weight is 306 g/mol. The Morgan fingerprint density at radius 2 is 1.52 bits per heavy atom. The number of rotatable bonds is 4. The molecule has 0 aliphatic heterocycles. The van der Waals surface area contributed by atoms with E-state index in [2.05, 4.69) is 16.2 Å². The maximum absolute atomic E-state index is 11.6. The number of sulfonamides is 1. The Morgan fingerprint density at radius 3 is 2.10 bits per heavy atom. The van der Waals surface area contributed by atoms with Gasteiger partial charge in [-0.05, 0) is 36.4 Å². The van der Waals surface area contributed by atoms with Crippen LogP contribution in [0.3, 0.4) is 0 Å². The molecule has 2 amide bonds. The van der Waals surface area contributed by atoms with Crippen LogP contribution in [-0.4, -0.2) is 14.4 Å². The number of carbonyl (C=O) groups excluding carboxylic acids is 1. The molecule has 0 aliphatic rings. The van der Waals surface area contributed by atoms with E-state index >= 15 is 0 Å². The van der Waals surface area contributed by atoms with Crippen molar-refractivity contribution in [2.45, 2.75) is 4.90 Å². The molecule has 8 heteroatoms. The summed E-state index contributed by atoms with van der Waals surface area (Å²) in [6, 6.07) is 14.1. The van der Waals surface area contributed by atoms with Crippen LogP contribution in [0, 0.1) is 0 Å². The van der Waals surface area contributed by atoms with Gasteiger partial charge in [0.2, 0.25) is 10.0 Å². The molecular formula is C13H14N4O3S. The molecule has 0 aliphatic carbocycles. The molecular weight excluding hydrogens is 292 g/mol. The van der Waals surface area contributed by atoms with E-state index in [0.717, 1.165) is 5.69 Å². The molecule has 2 aromatic rings. The first kappa shape index (κ1) is 14.8. The summed E-state index contributed by atoms with van der Waals surface area (Å²) in [6.07, 6.45) is 0. The zero-order valence-electron chi connectivity index (χ0n) is 10.9. The molecule has 0 spiro atoms. The molecule has 0 heterocycles. The minimum Gasteiger partial charge on any atom is -0.307 e. The Kier molecular flexibility index (Phi) is 4.41. The third-order valence-corrected chi connectivity index (χ3v) is 3.46. The molecule has 2 rings (SSSR count). The van der Waals surface area contributed by atoms with E-state index in [1.165, 1.54) is 24.3 Å². The number of urea groups is 1. The van der Waals surface area contributed by atoms with E-state index in [4.69, 9.17) is 5.14 Å². The molecule has 0 aromatic heterocycles. The Hall–Kier alpha value is -2.58. The second kappa shape index (κ2) is 6.25. The van der Waals surface area contributed by atoms with Crippen LogP contribution in [0.15, 0.2) is 59.5 Å². The summed E-state index contributed by atoms with van der Waals surface area (Å²) in [7, 11) is -3.73. The molecule has 0 radical (unpaired) electrons. The lowest BCUT2D eigenvalue weighted by Gasteiger charge is -2.10. The summed E-state index contributed by atoms with van der Waals surface area (Å²) in [5.41, 5.74) is 6.34. The van der Waals surface area contributed by atoms with Gasteiger partial charge in [-0.1, -0.05) is 18.2 Å². The lowest BCUT2D eigenvalue weighted by Crippen LogP contribution is -2.33. The van der Waals surface area contributed by atoms with Gasteiger partial charge in [-0.25, -0.2) is 18.4 Å². The van der Waals surface area contributed by atoms with Gasteiger partial charge in [0.05, 0.1) is 10.6 Å². The van der Waals surface area contributed by atoms with Crippen molar-refractivity contribution in [1.29, 1.82) is 0 Å². The second-order valence-electron chi connectivity index (χ2n) is 4.14. The summed E-state index contributed by atoms with van der Waals surface area (Å²) < 4.78 is 22.2. The first-order valence-corrected chi connectivity index (χ1v) is 7.51. The predicted octanol–water partition coefficient (Wildman–Crippen LogP) is 1.48. The maximum Gasteiger partial charge on any atom is 0.337 e. The first-order valence-electron chi connectivity index (χ1n) is 5.96. The number of para-hydroxylation sites is 1. The fourth-order valence-corrected chi connectivity index (χ4v) is 2.06. The summed E-state index contributed by atoms with van der Waals surface area (Å²) in [5.74, 6) is 0. The highest BCUT2D eigenvalue weighted by atomic mass is 32.2. The lowest BCUT2D eigenvalue weighted by atomic mass is 10.3. The number of hydrazine groups is 1. The zero-order chi connectivity index (χ0) is 15.3. The number of amides is 2. The first-order chi connectivity index (χ1) is 9.95. The van der Waals surface area contributed by atoms with Gasteiger partial charge in [0.15, 0.2) is 0 Å². The van der Waals surface area contributed by atoms with E-state index in [-0.39, 0.29) is 4.90 Å². The monoisotopic (exact) mass is 306 g/mol. The Balaban J connectivity index is 1.91. The van der Waals surface area contributed by atoms with Crippen LogP contribution in [0.2, 0.25) is 0 Å². The van der Waals surface area contributed by atoms with Crippen LogP contribution >= 0.6 is 0 Å². The number of hydrogen-bond donors (Lipinski definition) is 4. The third-order valence-electron chi connectivity index (χ3n) is 2.53. The smallest absolute Gasteiger partial charge is 0.307 e. The Bertz CT molecular complexity index is 715. The highest BCUT2D eigenvalue weighted by Crippen LogP contribution is 2.12. The molecule has 5 N–H and O–H groups in total. The third kappa shape index (κ3) is 4.48. The molecule has 0 saturated carbocycles. The highest BCUT2D eigenvalue weighted by Gasteiger charge is 2.07. The Labute approximate surface area is 122 Å². The minimum absolute atomic E-state index is 0.0177. The second-order valence-corrected chi connectivity index (χ2v) is 5.70. The van der Waals surface area contributed by atoms with Crippen molar-refractivity contribution in [2.75, 3.05) is 10.7 Å². The number of benzene rings is 2. The maximum atomic E-state index is 11.6. The zero-order valence-corrected chi connectivity index (χ0v) is 11.7. The largest absolute Gasteiger partial charge is 0.337 e. The topological polar surface area (TPSA) is 113 Å². The van der Waals surface area contributed by atoms with E-state index in [0.29, 0.717) is 5.69 Å². The fourth-order valence-electron chi connectivity index (χ4n) is 1.54. The van der Waals surface area contributed by atoms with Crippen molar-refractivity contribution >= 4 is 27.4 Å². The number of hydrogen-bond acceptors (Lipinski definition) is 4. The SMILES string of the molecule is NS(=O)(=O)c1ccc(NC(=O)NNc2ccccc2)cc1. The van der Waals surface area contributed by atoms with Crippen molar-refractivity contribution in [1.82, 2.24) is 5.43 Å². The van der Waals surface area contributed by atoms with E-state index in [1.54, 1.807) is 12.1 Å². The molecule has 0 fully saturated rings. The molecule has 21 heavy (non-hydrogen) atoms. The van der Waals surface area contributed by atoms with Crippen LogP contribution in [0.4, 0.5) is 16.2 Å². The number of nitrogens with one attached hydrogen (secondary N) is 3. The van der Waals surface area contributed by atoms with Crippen LogP contribution in [0.5, 0.6) is 0 Å². The minimum atomic E-state index is -3.73. The van der Waals surface area contributed by atoms with E-state index in [1.807, 2.05) is 18.2 Å². The van der Waals surface area contributed by atoms with Crippen molar-refractivity contribution in [2.24, 2.45) is 5.14 Å². The quantitative estimate of drug-likeness (QED) is 0.641. The van der Waals surface area contributed by atoms with Crippen molar-refractivity contribution in [3.05, 3.63) is 54.6 Å². The molecule has 0 unspecified atom stereocenters. The van der Waals surface area contributed by atoms with Crippen molar-refractivity contribution < 1.29 is 13.2 Å². The number of nitrogens with two attached hydrogens (primary N) is 1. The number of anilines is 2. The lowest BCUT2D eigenvalue weighted by molar-refractivity contribution is 0.254. The molecule has 110 valence electrons. The summed E-state index contributed by atoms with van der Waals surface area (Å²) in [6.45, 7) is 0. The van der Waals surface area contributed by atoms with Crippen LogP contribution in [0.25, 0.3) is 0 Å². The molecule has 0 saturated heterocycles. The van der Waals surface area contributed by atoms with E-state index < -0.39 is 16.1 Å². The normalized spacial score (nSPS) is 10.7. The summed E-state index contributed by atoms with van der Waals surface area (Å²) in [4.78, 5) is 11.6. The van der Waals surface area contributed by atoms with Gasteiger partial charge in [0.25, 0.3) is 0 Å². The molecule has 0 bridgehead atoms. The average Bonchev–Trinajstić information content (AvgIpc) is 2.46. The molecule has 2 aromatic carbocycles. The van der Waals surface area contributed by atoms with Gasteiger partial charge in [0.1, 0.15) is 0 Å². The fraction of sp³-hybridized carbons (Fsp3) is 0. The summed E-state index contributed by atoms with van der Waals surface area (Å²) >= 11 is 0. The van der Waals surface area contributed by atoms with E-state index in [9.17, 15) is 13.2 Å². The van der Waals surface area contributed by atoms with Gasteiger partial charge in [-0.2, -0.15) is 0 Å². The summed E-state index contributed by atoms with van der Waals surface area (Å²) in [5, 5.41) is 7.53. The van der Waals surface area contributed by atoms with Gasteiger partial charge in [-0.3, -0.25) is 10.9 Å². The highest BCUT2D eigenvalue weighted by molar-refractivity contribution is 7.89. The van der Waals surface area contributed by atoms with Gasteiger partial charge in [-0.15, -0.1) is 0 Å². The van der Waals surface area contributed by atoms with Crippen LogP contribution < -0.4 is 21.3 Å².